The van der Waals surface area contributed by atoms with Crippen LogP contribution < -0.4 is 9.80 Å². The fraction of sp³-hybridized carbons (Fsp3) is 0.500. The summed E-state index contributed by atoms with van der Waals surface area (Å²) in [6.07, 6.45) is 3.42. The third-order valence-corrected chi connectivity index (χ3v) is 4.50. The topological polar surface area (TPSA) is 71.5 Å². The average Bonchev–Trinajstić information content (AvgIpc) is 2.68. The summed E-state index contributed by atoms with van der Waals surface area (Å²) in [5.74, 6) is 2.37. The van der Waals surface area contributed by atoms with E-state index in [-0.39, 0.29) is 11.4 Å². The Bertz CT molecular complexity index is 778. The highest BCUT2D eigenvalue weighted by atomic mass is 16.5. The molecule has 144 valence electrons. The highest BCUT2D eigenvalue weighted by Gasteiger charge is 2.22. The van der Waals surface area contributed by atoms with Crippen molar-refractivity contribution in [2.24, 2.45) is 0 Å². The molecule has 7 nitrogen and oxygen atoms in total. The second kappa shape index (κ2) is 7.90. The molecule has 0 bridgehead atoms. The number of esters is 1. The van der Waals surface area contributed by atoms with Gasteiger partial charge < -0.3 is 14.5 Å². The van der Waals surface area contributed by atoms with Gasteiger partial charge in [-0.05, 0) is 25.1 Å². The minimum absolute atomic E-state index is 0.0670. The van der Waals surface area contributed by atoms with Gasteiger partial charge in [-0.2, -0.15) is 0 Å². The van der Waals surface area contributed by atoms with Crippen molar-refractivity contribution in [3.63, 3.8) is 0 Å². The molecular formula is C20H27N5O2. The van der Waals surface area contributed by atoms with Gasteiger partial charge >= 0.3 is 5.97 Å². The lowest BCUT2D eigenvalue weighted by Gasteiger charge is -2.36. The number of hydrogen-bond donors (Lipinski definition) is 0. The molecule has 1 fully saturated rings. The molecular weight excluding hydrogens is 342 g/mol. The molecule has 3 heterocycles. The molecule has 0 radical (unpaired) electrons. The zero-order valence-electron chi connectivity index (χ0n) is 16.5. The summed E-state index contributed by atoms with van der Waals surface area (Å²) in [4.78, 5) is 29.8. The normalized spacial score (nSPS) is 15.0. The Morgan fingerprint density at radius 1 is 1.04 bits per heavy atom. The van der Waals surface area contributed by atoms with Crippen molar-refractivity contribution in [2.75, 3.05) is 42.6 Å². The fourth-order valence-corrected chi connectivity index (χ4v) is 2.96. The summed E-state index contributed by atoms with van der Waals surface area (Å²) >= 11 is 0. The predicted molar refractivity (Wildman–Crippen MR) is 105 cm³/mol. The average molecular weight is 369 g/mol. The van der Waals surface area contributed by atoms with E-state index in [1.165, 1.54) is 0 Å². The number of pyridine rings is 1. The molecule has 1 aliphatic rings. The van der Waals surface area contributed by atoms with Gasteiger partial charge in [0.1, 0.15) is 17.5 Å². The van der Waals surface area contributed by atoms with E-state index >= 15 is 0 Å². The molecule has 0 saturated carbocycles. The summed E-state index contributed by atoms with van der Waals surface area (Å²) in [5.41, 5.74) is 0.414. The number of piperazine rings is 1. The van der Waals surface area contributed by atoms with Crippen molar-refractivity contribution in [3.8, 4) is 0 Å². The number of ether oxygens (including phenoxy) is 1. The predicted octanol–water partition coefficient (Wildman–Crippen LogP) is 2.67. The summed E-state index contributed by atoms with van der Waals surface area (Å²) in [7, 11) is 0. The number of carbonyl (C=O) groups is 1. The van der Waals surface area contributed by atoms with Crippen molar-refractivity contribution in [2.45, 2.75) is 33.1 Å². The Kier molecular flexibility index (Phi) is 5.58. The van der Waals surface area contributed by atoms with Crippen LogP contribution >= 0.6 is 0 Å². The Balaban J connectivity index is 1.63. The fourth-order valence-electron chi connectivity index (χ4n) is 2.96. The van der Waals surface area contributed by atoms with Crippen molar-refractivity contribution in [1.82, 2.24) is 15.0 Å². The van der Waals surface area contributed by atoms with Crippen LogP contribution in [0.4, 0.5) is 11.6 Å². The van der Waals surface area contributed by atoms with E-state index < -0.39 is 0 Å². The van der Waals surface area contributed by atoms with Crippen LogP contribution in [0.2, 0.25) is 0 Å². The minimum Gasteiger partial charge on any atom is -0.462 e. The summed E-state index contributed by atoms with van der Waals surface area (Å²) in [5, 5.41) is 0. The number of carbonyl (C=O) groups excluding carboxylic acids is 1. The van der Waals surface area contributed by atoms with Crippen LogP contribution in [0, 0.1) is 0 Å². The van der Waals surface area contributed by atoms with E-state index in [4.69, 9.17) is 9.72 Å². The van der Waals surface area contributed by atoms with Gasteiger partial charge in [0.05, 0.1) is 12.2 Å². The van der Waals surface area contributed by atoms with E-state index in [1.54, 1.807) is 19.2 Å². The SMILES string of the molecule is CCOC(=O)c1ccc(N2CCN(c3ccnc(C(C)(C)C)n3)CC2)nc1. The first-order valence-corrected chi connectivity index (χ1v) is 9.35. The van der Waals surface area contributed by atoms with E-state index in [9.17, 15) is 4.79 Å². The van der Waals surface area contributed by atoms with Gasteiger partial charge in [-0.25, -0.2) is 19.7 Å². The second-order valence-corrected chi connectivity index (χ2v) is 7.59. The Morgan fingerprint density at radius 2 is 1.70 bits per heavy atom. The van der Waals surface area contributed by atoms with Crippen LogP contribution in [0.25, 0.3) is 0 Å². The molecule has 0 unspecified atom stereocenters. The maximum atomic E-state index is 11.7. The Labute approximate surface area is 160 Å². The van der Waals surface area contributed by atoms with Crippen molar-refractivity contribution >= 4 is 17.6 Å². The first kappa shape index (κ1) is 19.1. The van der Waals surface area contributed by atoms with Gasteiger partial charge in [-0.3, -0.25) is 0 Å². The highest BCUT2D eigenvalue weighted by molar-refractivity contribution is 5.89. The zero-order valence-corrected chi connectivity index (χ0v) is 16.5. The quantitative estimate of drug-likeness (QED) is 0.767. The number of hydrogen-bond acceptors (Lipinski definition) is 7. The van der Waals surface area contributed by atoms with Crippen molar-refractivity contribution < 1.29 is 9.53 Å². The summed E-state index contributed by atoms with van der Waals surface area (Å²) in [6, 6.07) is 5.62. The van der Waals surface area contributed by atoms with Crippen LogP contribution in [-0.2, 0) is 10.2 Å². The van der Waals surface area contributed by atoms with Gasteiger partial charge in [-0.1, -0.05) is 20.8 Å². The van der Waals surface area contributed by atoms with E-state index in [1.807, 2.05) is 18.3 Å². The lowest BCUT2D eigenvalue weighted by Crippen LogP contribution is -2.47. The Morgan fingerprint density at radius 3 is 2.26 bits per heavy atom. The third kappa shape index (κ3) is 4.53. The highest BCUT2D eigenvalue weighted by Crippen LogP contribution is 2.22. The lowest BCUT2D eigenvalue weighted by atomic mass is 9.96. The molecule has 0 aliphatic carbocycles. The van der Waals surface area contributed by atoms with Gasteiger partial charge in [-0.15, -0.1) is 0 Å². The van der Waals surface area contributed by atoms with Crippen molar-refractivity contribution in [3.05, 3.63) is 42.0 Å². The van der Waals surface area contributed by atoms with E-state index in [2.05, 4.69) is 40.5 Å². The molecule has 0 spiro atoms. The minimum atomic E-state index is -0.334. The second-order valence-electron chi connectivity index (χ2n) is 7.59. The molecule has 0 amide bonds. The lowest BCUT2D eigenvalue weighted by molar-refractivity contribution is 0.0526. The molecule has 27 heavy (non-hydrogen) atoms. The van der Waals surface area contributed by atoms with Crippen LogP contribution in [0.15, 0.2) is 30.6 Å². The van der Waals surface area contributed by atoms with Gasteiger partial charge in [0, 0.05) is 44.0 Å². The van der Waals surface area contributed by atoms with Crippen LogP contribution in [0.5, 0.6) is 0 Å². The van der Waals surface area contributed by atoms with Gasteiger partial charge in [0.25, 0.3) is 0 Å². The third-order valence-electron chi connectivity index (χ3n) is 4.50. The first-order chi connectivity index (χ1) is 12.9. The van der Waals surface area contributed by atoms with Gasteiger partial charge in [0.2, 0.25) is 0 Å². The number of nitrogens with zero attached hydrogens (tertiary/aromatic N) is 5. The first-order valence-electron chi connectivity index (χ1n) is 9.35. The molecule has 7 heteroatoms. The smallest absolute Gasteiger partial charge is 0.339 e. The zero-order chi connectivity index (χ0) is 19.4. The molecule has 2 aromatic heterocycles. The number of aromatic nitrogens is 3. The molecule has 3 rings (SSSR count). The maximum absolute atomic E-state index is 11.7. The molecule has 1 aliphatic heterocycles. The molecule has 1 saturated heterocycles. The Hall–Kier alpha value is -2.70. The van der Waals surface area contributed by atoms with Gasteiger partial charge in [0.15, 0.2) is 0 Å². The molecule has 0 aromatic carbocycles. The monoisotopic (exact) mass is 369 g/mol. The number of anilines is 2. The molecule has 0 N–H and O–H groups in total. The van der Waals surface area contributed by atoms with Crippen molar-refractivity contribution in [1.29, 1.82) is 0 Å². The summed E-state index contributed by atoms with van der Waals surface area (Å²) in [6.45, 7) is 11.9. The maximum Gasteiger partial charge on any atom is 0.339 e. The van der Waals surface area contributed by atoms with Crippen LogP contribution in [0.3, 0.4) is 0 Å². The van der Waals surface area contributed by atoms with E-state index in [0.29, 0.717) is 12.2 Å². The number of rotatable bonds is 4. The van der Waals surface area contributed by atoms with Crippen LogP contribution in [-0.4, -0.2) is 53.7 Å². The van der Waals surface area contributed by atoms with E-state index in [0.717, 1.165) is 43.6 Å². The van der Waals surface area contributed by atoms with Crippen LogP contribution in [0.1, 0.15) is 43.9 Å². The largest absolute Gasteiger partial charge is 0.462 e. The molecule has 2 aromatic rings. The standard InChI is InChI=1S/C20H27N5O2/c1-5-27-18(26)15-6-7-16(22-14-15)24-10-12-25(13-11-24)17-8-9-21-19(23-17)20(2,3)4/h6-9,14H,5,10-13H2,1-4H3. The molecule has 0 atom stereocenters. The summed E-state index contributed by atoms with van der Waals surface area (Å²) < 4.78 is 5.00.